The highest BCUT2D eigenvalue weighted by atomic mass is 32.1. The smallest absolute Gasteiger partial charge is 0.188 e. The number of ketones is 1. The predicted octanol–water partition coefficient (Wildman–Crippen LogP) is 0.429. The molecule has 2 rings (SSSR count). The highest BCUT2D eigenvalue weighted by Gasteiger charge is 2.18. The zero-order chi connectivity index (χ0) is 6.97. The summed E-state index contributed by atoms with van der Waals surface area (Å²) < 4.78 is 0. The third kappa shape index (κ3) is 0.767. The molecule has 1 aromatic heterocycles. The van der Waals surface area contributed by atoms with Gasteiger partial charge in [-0.1, -0.05) is 0 Å². The molecule has 0 aliphatic carbocycles. The van der Waals surface area contributed by atoms with E-state index in [1.165, 1.54) is 11.3 Å². The van der Waals surface area contributed by atoms with Crippen molar-refractivity contribution in [3.05, 3.63) is 16.1 Å². The van der Waals surface area contributed by atoms with Crippen molar-refractivity contribution in [2.24, 2.45) is 0 Å². The lowest BCUT2D eigenvalue weighted by Crippen LogP contribution is -2.28. The summed E-state index contributed by atoms with van der Waals surface area (Å²) in [6, 6.07) is 0. The van der Waals surface area contributed by atoms with E-state index >= 15 is 0 Å². The number of aromatic nitrogens is 1. The predicted molar refractivity (Wildman–Crippen MR) is 38.2 cm³/mol. The number of hydrogen-bond donors (Lipinski definition) is 1. The molecule has 4 heteroatoms. The van der Waals surface area contributed by atoms with Crippen LogP contribution in [0, 0.1) is 0 Å². The first-order valence-electron chi connectivity index (χ1n) is 3.04. The van der Waals surface area contributed by atoms with Crippen molar-refractivity contribution in [1.29, 1.82) is 0 Å². The molecule has 0 fully saturated rings. The van der Waals surface area contributed by atoms with E-state index in [-0.39, 0.29) is 5.78 Å². The maximum absolute atomic E-state index is 11.1. The first-order chi connectivity index (χ1) is 4.88. The summed E-state index contributed by atoms with van der Waals surface area (Å²) in [5.74, 6) is 0.170. The average molecular weight is 154 g/mol. The molecule has 0 spiro atoms. The number of carbonyl (C=O) groups excluding carboxylic acids is 1. The Morgan fingerprint density at radius 3 is 3.30 bits per heavy atom. The summed E-state index contributed by atoms with van der Waals surface area (Å²) in [7, 11) is 0. The van der Waals surface area contributed by atoms with Crippen LogP contribution in [0.5, 0.6) is 0 Å². The van der Waals surface area contributed by atoms with Crippen LogP contribution in [0.4, 0.5) is 0 Å². The largest absolute Gasteiger partial charge is 0.304 e. The molecule has 2 heterocycles. The first kappa shape index (κ1) is 6.00. The van der Waals surface area contributed by atoms with Crippen LogP contribution in [0.2, 0.25) is 0 Å². The van der Waals surface area contributed by atoms with Crippen LogP contribution in [-0.4, -0.2) is 17.3 Å². The van der Waals surface area contributed by atoms with Crippen LogP contribution in [0.15, 0.2) is 5.51 Å². The Kier molecular flexibility index (Phi) is 1.28. The number of nitrogens with zero attached hydrogens (tertiary/aromatic N) is 1. The van der Waals surface area contributed by atoms with Crippen molar-refractivity contribution >= 4 is 17.1 Å². The minimum Gasteiger partial charge on any atom is -0.304 e. The van der Waals surface area contributed by atoms with Gasteiger partial charge in [-0.15, -0.1) is 11.3 Å². The molecule has 3 nitrogen and oxygen atoms in total. The van der Waals surface area contributed by atoms with E-state index in [0.29, 0.717) is 6.54 Å². The number of thiazole rings is 1. The van der Waals surface area contributed by atoms with Gasteiger partial charge in [-0.25, -0.2) is 4.98 Å². The van der Waals surface area contributed by atoms with Crippen LogP contribution in [-0.2, 0) is 6.54 Å². The highest BCUT2D eigenvalue weighted by Crippen LogP contribution is 2.16. The van der Waals surface area contributed by atoms with Crippen LogP contribution in [0.3, 0.4) is 0 Å². The molecule has 0 atom stereocenters. The van der Waals surface area contributed by atoms with Crippen molar-refractivity contribution in [2.45, 2.75) is 6.54 Å². The van der Waals surface area contributed by atoms with Crippen LogP contribution < -0.4 is 5.32 Å². The lowest BCUT2D eigenvalue weighted by Gasteiger charge is -2.08. The quantitative estimate of drug-likeness (QED) is 0.589. The van der Waals surface area contributed by atoms with Crippen molar-refractivity contribution in [3.63, 3.8) is 0 Å². The minimum absolute atomic E-state index is 0.170. The van der Waals surface area contributed by atoms with E-state index in [9.17, 15) is 4.79 Å². The second kappa shape index (κ2) is 2.14. The number of Topliss-reactive ketones (excluding diaryl/α,β-unsaturated/α-hetero) is 1. The molecule has 0 radical (unpaired) electrons. The monoisotopic (exact) mass is 154 g/mol. The van der Waals surface area contributed by atoms with Crippen molar-refractivity contribution < 1.29 is 4.79 Å². The first-order valence-corrected chi connectivity index (χ1v) is 3.92. The fourth-order valence-electron chi connectivity index (χ4n) is 0.997. The van der Waals surface area contributed by atoms with Gasteiger partial charge < -0.3 is 5.32 Å². The minimum atomic E-state index is 0.170. The summed E-state index contributed by atoms with van der Waals surface area (Å²) >= 11 is 1.43. The zero-order valence-corrected chi connectivity index (χ0v) is 6.07. The Morgan fingerprint density at radius 1 is 1.60 bits per heavy atom. The van der Waals surface area contributed by atoms with Gasteiger partial charge in [-0.05, 0) is 0 Å². The van der Waals surface area contributed by atoms with Crippen LogP contribution in [0.25, 0.3) is 0 Å². The fourth-order valence-corrected chi connectivity index (χ4v) is 1.75. The number of carbonyl (C=O) groups is 1. The van der Waals surface area contributed by atoms with Crippen molar-refractivity contribution in [3.8, 4) is 0 Å². The molecule has 0 saturated carbocycles. The van der Waals surface area contributed by atoms with E-state index in [1.807, 2.05) is 0 Å². The Morgan fingerprint density at radius 2 is 2.50 bits per heavy atom. The molecular formula is C6H6N2OS. The maximum atomic E-state index is 11.1. The van der Waals surface area contributed by atoms with Gasteiger partial charge in [0.1, 0.15) is 0 Å². The number of rotatable bonds is 0. The molecule has 0 amide bonds. The second-order valence-corrected chi connectivity index (χ2v) is 3.01. The Bertz CT molecular complexity index is 268. The van der Waals surface area contributed by atoms with Crippen LogP contribution in [0.1, 0.15) is 15.4 Å². The molecule has 10 heavy (non-hydrogen) atoms. The van der Waals surface area contributed by atoms with Crippen molar-refractivity contribution in [1.82, 2.24) is 10.3 Å². The summed E-state index contributed by atoms with van der Waals surface area (Å²) in [6.07, 6.45) is 0. The summed E-state index contributed by atoms with van der Waals surface area (Å²) in [5.41, 5.74) is 2.62. The molecule has 1 N–H and O–H groups in total. The third-order valence-electron chi connectivity index (χ3n) is 1.47. The van der Waals surface area contributed by atoms with E-state index in [0.717, 1.165) is 17.1 Å². The normalized spacial score (nSPS) is 17.0. The van der Waals surface area contributed by atoms with Gasteiger partial charge in [0.2, 0.25) is 0 Å². The number of hydrogen-bond acceptors (Lipinski definition) is 4. The Balaban J connectivity index is 2.50. The molecule has 1 aromatic rings. The molecule has 0 bridgehead atoms. The summed E-state index contributed by atoms with van der Waals surface area (Å²) in [6.45, 7) is 1.21. The van der Waals surface area contributed by atoms with E-state index in [4.69, 9.17) is 0 Å². The van der Waals surface area contributed by atoms with Crippen molar-refractivity contribution in [2.75, 3.05) is 6.54 Å². The van der Waals surface area contributed by atoms with Crippen LogP contribution >= 0.6 is 11.3 Å². The van der Waals surface area contributed by atoms with Gasteiger partial charge in [-0.3, -0.25) is 4.79 Å². The molecule has 0 aromatic carbocycles. The highest BCUT2D eigenvalue weighted by molar-refractivity contribution is 7.12. The lowest BCUT2D eigenvalue weighted by molar-refractivity contribution is 0.0986. The molecular weight excluding hydrogens is 148 g/mol. The second-order valence-electron chi connectivity index (χ2n) is 2.15. The zero-order valence-electron chi connectivity index (χ0n) is 5.26. The Labute approximate surface area is 62.1 Å². The molecule has 1 aliphatic rings. The van der Waals surface area contributed by atoms with Gasteiger partial charge in [0.15, 0.2) is 5.78 Å². The summed E-state index contributed by atoms with van der Waals surface area (Å²) in [5, 5.41) is 2.97. The van der Waals surface area contributed by atoms with E-state index in [2.05, 4.69) is 10.3 Å². The fraction of sp³-hybridized carbons (Fsp3) is 0.333. The standard InChI is InChI=1S/C6H6N2OS/c9-5-2-7-1-4-6(5)10-3-8-4/h3,7H,1-2H2. The van der Waals surface area contributed by atoms with Gasteiger partial charge in [0, 0.05) is 6.54 Å². The molecule has 1 aliphatic heterocycles. The molecule has 0 unspecified atom stereocenters. The molecule has 52 valence electrons. The van der Waals surface area contributed by atoms with E-state index < -0.39 is 0 Å². The van der Waals surface area contributed by atoms with Gasteiger partial charge >= 0.3 is 0 Å². The third-order valence-corrected chi connectivity index (χ3v) is 2.38. The Hall–Kier alpha value is -0.740. The number of nitrogens with one attached hydrogen (secondary N) is 1. The average Bonchev–Trinajstić information content (AvgIpc) is 2.36. The number of fused-ring (bicyclic) bond motifs is 1. The summed E-state index contributed by atoms with van der Waals surface area (Å²) in [4.78, 5) is 15.9. The van der Waals surface area contributed by atoms with E-state index in [1.54, 1.807) is 5.51 Å². The topological polar surface area (TPSA) is 42.0 Å². The van der Waals surface area contributed by atoms with Gasteiger partial charge in [-0.2, -0.15) is 0 Å². The molecule has 0 saturated heterocycles. The maximum Gasteiger partial charge on any atom is 0.188 e. The lowest BCUT2D eigenvalue weighted by atomic mass is 10.2. The SMILES string of the molecule is O=C1CNCc2ncsc21. The van der Waals surface area contributed by atoms with Gasteiger partial charge in [0.05, 0.1) is 22.6 Å². The van der Waals surface area contributed by atoms with Gasteiger partial charge in [0.25, 0.3) is 0 Å².